The predicted molar refractivity (Wildman–Crippen MR) is 105 cm³/mol. The zero-order chi connectivity index (χ0) is 18.5. The highest BCUT2D eigenvalue weighted by Gasteiger charge is 2.21. The van der Waals surface area contributed by atoms with Crippen LogP contribution in [0.25, 0.3) is 0 Å². The summed E-state index contributed by atoms with van der Waals surface area (Å²) in [5.41, 5.74) is 2.33. The predicted octanol–water partition coefficient (Wildman–Crippen LogP) is 4.41. The van der Waals surface area contributed by atoms with Crippen LogP contribution >= 0.6 is 11.8 Å². The average Bonchev–Trinajstić information content (AvgIpc) is 2.66. The van der Waals surface area contributed by atoms with Gasteiger partial charge in [0.2, 0.25) is 0 Å². The van der Waals surface area contributed by atoms with Gasteiger partial charge in [0, 0.05) is 30.1 Å². The zero-order valence-corrected chi connectivity index (χ0v) is 16.1. The fraction of sp³-hybridized carbons (Fsp3) is 0.450. The Bertz CT molecular complexity index is 781. The van der Waals surface area contributed by atoms with Crippen LogP contribution in [0.3, 0.4) is 0 Å². The summed E-state index contributed by atoms with van der Waals surface area (Å²) in [4.78, 5) is 23.0. The SMILES string of the molecule is CCc1cc(N2CCCC[C@@H]2C)nc(SCc2cccc(C(=O)O)c2)n1. The van der Waals surface area contributed by atoms with Gasteiger partial charge in [-0.25, -0.2) is 14.8 Å². The molecular weight excluding hydrogens is 346 g/mol. The Labute approximate surface area is 158 Å². The van der Waals surface area contributed by atoms with Gasteiger partial charge in [0.1, 0.15) is 5.82 Å². The second kappa shape index (κ2) is 8.54. The van der Waals surface area contributed by atoms with Crippen molar-refractivity contribution in [1.82, 2.24) is 9.97 Å². The zero-order valence-electron chi connectivity index (χ0n) is 15.3. The molecule has 1 fully saturated rings. The molecule has 1 aliphatic rings. The summed E-state index contributed by atoms with van der Waals surface area (Å²) in [6.07, 6.45) is 4.57. The van der Waals surface area contributed by atoms with Gasteiger partial charge >= 0.3 is 5.97 Å². The molecule has 1 saturated heterocycles. The molecule has 2 heterocycles. The van der Waals surface area contributed by atoms with E-state index < -0.39 is 5.97 Å². The molecule has 0 radical (unpaired) electrons. The number of rotatable bonds is 6. The molecule has 0 unspecified atom stereocenters. The number of hydrogen-bond acceptors (Lipinski definition) is 5. The molecule has 0 spiro atoms. The molecule has 0 amide bonds. The highest BCUT2D eigenvalue weighted by Crippen LogP contribution is 2.27. The van der Waals surface area contributed by atoms with Crippen molar-refractivity contribution in [3.05, 3.63) is 47.2 Å². The Kier molecular flexibility index (Phi) is 6.14. The van der Waals surface area contributed by atoms with E-state index >= 15 is 0 Å². The van der Waals surface area contributed by atoms with Crippen LogP contribution in [0.2, 0.25) is 0 Å². The van der Waals surface area contributed by atoms with E-state index in [0.717, 1.165) is 35.2 Å². The molecular formula is C20H25N3O2S. The monoisotopic (exact) mass is 371 g/mol. The van der Waals surface area contributed by atoms with Crippen molar-refractivity contribution in [2.75, 3.05) is 11.4 Å². The van der Waals surface area contributed by atoms with Crippen molar-refractivity contribution >= 4 is 23.5 Å². The summed E-state index contributed by atoms with van der Waals surface area (Å²) in [6.45, 7) is 5.42. The number of carbonyl (C=O) groups is 1. The molecule has 0 bridgehead atoms. The third kappa shape index (κ3) is 4.55. The minimum absolute atomic E-state index is 0.314. The number of hydrogen-bond donors (Lipinski definition) is 1. The Morgan fingerprint density at radius 3 is 2.88 bits per heavy atom. The van der Waals surface area contributed by atoms with E-state index in [4.69, 9.17) is 10.1 Å². The summed E-state index contributed by atoms with van der Waals surface area (Å²) in [7, 11) is 0. The van der Waals surface area contributed by atoms with E-state index in [9.17, 15) is 4.79 Å². The number of carboxylic acid groups (broad SMARTS) is 1. The maximum absolute atomic E-state index is 11.1. The highest BCUT2D eigenvalue weighted by atomic mass is 32.2. The van der Waals surface area contributed by atoms with E-state index in [0.29, 0.717) is 17.4 Å². The molecule has 26 heavy (non-hydrogen) atoms. The lowest BCUT2D eigenvalue weighted by molar-refractivity contribution is 0.0697. The van der Waals surface area contributed by atoms with Crippen molar-refractivity contribution in [1.29, 1.82) is 0 Å². The summed E-state index contributed by atoms with van der Waals surface area (Å²) < 4.78 is 0. The van der Waals surface area contributed by atoms with Crippen molar-refractivity contribution in [3.63, 3.8) is 0 Å². The van der Waals surface area contributed by atoms with E-state index in [1.54, 1.807) is 30.0 Å². The number of anilines is 1. The van der Waals surface area contributed by atoms with Crippen molar-refractivity contribution in [2.45, 2.75) is 56.5 Å². The summed E-state index contributed by atoms with van der Waals surface area (Å²) in [5, 5.41) is 9.89. The number of aryl methyl sites for hydroxylation is 1. The van der Waals surface area contributed by atoms with Gasteiger partial charge in [-0.1, -0.05) is 30.8 Å². The second-order valence-electron chi connectivity index (χ2n) is 6.69. The smallest absolute Gasteiger partial charge is 0.335 e. The Morgan fingerprint density at radius 2 is 2.15 bits per heavy atom. The Morgan fingerprint density at radius 1 is 1.31 bits per heavy atom. The van der Waals surface area contributed by atoms with Crippen LogP contribution in [-0.4, -0.2) is 33.6 Å². The van der Waals surface area contributed by atoms with Crippen LogP contribution in [0.1, 0.15) is 54.7 Å². The molecule has 0 saturated carbocycles. The van der Waals surface area contributed by atoms with Crippen LogP contribution in [0.15, 0.2) is 35.5 Å². The van der Waals surface area contributed by atoms with Crippen LogP contribution in [0.5, 0.6) is 0 Å². The molecule has 1 N–H and O–H groups in total. The summed E-state index contributed by atoms with van der Waals surface area (Å²) in [5.74, 6) is 0.775. The Balaban J connectivity index is 1.78. The Hall–Kier alpha value is -2.08. The molecule has 0 aliphatic carbocycles. The largest absolute Gasteiger partial charge is 0.478 e. The van der Waals surface area contributed by atoms with Gasteiger partial charge in [0.05, 0.1) is 5.56 Å². The lowest BCUT2D eigenvalue weighted by Crippen LogP contribution is -2.38. The topological polar surface area (TPSA) is 66.3 Å². The maximum Gasteiger partial charge on any atom is 0.335 e. The number of aromatic nitrogens is 2. The maximum atomic E-state index is 11.1. The normalized spacial score (nSPS) is 17.3. The minimum atomic E-state index is -0.901. The van der Waals surface area contributed by atoms with E-state index in [-0.39, 0.29) is 0 Å². The number of nitrogens with zero attached hydrogens (tertiary/aromatic N) is 3. The fourth-order valence-electron chi connectivity index (χ4n) is 3.23. The number of piperidine rings is 1. The van der Waals surface area contributed by atoms with Gasteiger partial charge in [-0.05, 0) is 50.3 Å². The molecule has 1 atom stereocenters. The third-order valence-corrected chi connectivity index (χ3v) is 5.66. The lowest BCUT2D eigenvalue weighted by Gasteiger charge is -2.34. The van der Waals surface area contributed by atoms with E-state index in [1.807, 2.05) is 6.07 Å². The minimum Gasteiger partial charge on any atom is -0.478 e. The fourth-order valence-corrected chi connectivity index (χ4v) is 4.05. The lowest BCUT2D eigenvalue weighted by atomic mass is 10.0. The first kappa shape index (κ1) is 18.7. The van der Waals surface area contributed by atoms with Gasteiger partial charge in [0.25, 0.3) is 0 Å². The first-order chi connectivity index (χ1) is 12.6. The van der Waals surface area contributed by atoms with Gasteiger partial charge in [-0.15, -0.1) is 0 Å². The second-order valence-corrected chi connectivity index (χ2v) is 7.63. The molecule has 138 valence electrons. The molecule has 1 aliphatic heterocycles. The van der Waals surface area contributed by atoms with Crippen molar-refractivity contribution in [3.8, 4) is 0 Å². The van der Waals surface area contributed by atoms with E-state index in [2.05, 4.69) is 29.8 Å². The van der Waals surface area contributed by atoms with Gasteiger partial charge in [-0.2, -0.15) is 0 Å². The van der Waals surface area contributed by atoms with E-state index in [1.165, 1.54) is 19.3 Å². The summed E-state index contributed by atoms with van der Waals surface area (Å²) in [6, 6.07) is 9.66. The standard InChI is InChI=1S/C20H25N3O2S/c1-3-17-12-18(23-10-5-4-7-14(23)2)22-20(21-17)26-13-15-8-6-9-16(11-15)19(24)25/h6,8-9,11-12,14H,3-5,7,10,13H2,1-2H3,(H,24,25)/t14-/m0/s1. The first-order valence-electron chi connectivity index (χ1n) is 9.16. The molecule has 6 heteroatoms. The number of thioether (sulfide) groups is 1. The third-order valence-electron chi connectivity index (χ3n) is 4.75. The molecule has 3 rings (SSSR count). The average molecular weight is 372 g/mol. The first-order valence-corrected chi connectivity index (χ1v) is 10.1. The number of carboxylic acids is 1. The highest BCUT2D eigenvalue weighted by molar-refractivity contribution is 7.98. The molecule has 1 aromatic carbocycles. The van der Waals surface area contributed by atoms with Gasteiger partial charge < -0.3 is 10.0 Å². The van der Waals surface area contributed by atoms with Gasteiger partial charge in [0.15, 0.2) is 5.16 Å². The van der Waals surface area contributed by atoms with Gasteiger partial charge in [-0.3, -0.25) is 0 Å². The van der Waals surface area contributed by atoms with Crippen LogP contribution in [-0.2, 0) is 12.2 Å². The van der Waals surface area contributed by atoms with Crippen LogP contribution < -0.4 is 4.90 Å². The van der Waals surface area contributed by atoms with Crippen LogP contribution in [0.4, 0.5) is 5.82 Å². The molecule has 1 aromatic heterocycles. The number of benzene rings is 1. The number of aromatic carboxylic acids is 1. The molecule has 5 nitrogen and oxygen atoms in total. The quantitative estimate of drug-likeness (QED) is 0.599. The van der Waals surface area contributed by atoms with Crippen molar-refractivity contribution < 1.29 is 9.90 Å². The van der Waals surface area contributed by atoms with Crippen molar-refractivity contribution in [2.24, 2.45) is 0 Å². The molecule has 2 aromatic rings. The van der Waals surface area contributed by atoms with Crippen LogP contribution in [0, 0.1) is 0 Å². The summed E-state index contributed by atoms with van der Waals surface area (Å²) >= 11 is 1.56.